The molecule has 0 aliphatic carbocycles. The predicted molar refractivity (Wildman–Crippen MR) is 41.0 cm³/mol. The average Bonchev–Trinajstić information content (AvgIpc) is 1.30. The van der Waals surface area contributed by atoms with Crippen LogP contribution in [0.2, 0.25) is 0 Å². The van der Waals surface area contributed by atoms with E-state index in [-0.39, 0.29) is 0 Å². The van der Waals surface area contributed by atoms with Crippen LogP contribution in [-0.2, 0) is 0 Å². The minimum absolute atomic E-state index is 0.541. The van der Waals surface area contributed by atoms with E-state index in [9.17, 15) is 0 Å². The van der Waals surface area contributed by atoms with E-state index in [1.807, 2.05) is 0 Å². The van der Waals surface area contributed by atoms with Gasteiger partial charge in [0.25, 0.3) is 0 Å². The summed E-state index contributed by atoms with van der Waals surface area (Å²) in [5.41, 5.74) is 0. The second-order valence-corrected chi connectivity index (χ2v) is 7.30. The van der Waals surface area contributed by atoms with Crippen molar-refractivity contribution in [2.75, 3.05) is 20.0 Å². The molecule has 0 unspecified atom stereocenters. The van der Waals surface area contributed by atoms with Gasteiger partial charge in [-0.15, -0.1) is 6.89 Å². The van der Waals surface area contributed by atoms with Crippen LogP contribution in [-0.4, -0.2) is 25.8 Å². The van der Waals surface area contributed by atoms with Crippen molar-refractivity contribution >= 4 is 12.7 Å². The van der Waals surface area contributed by atoms with E-state index < -0.39 is 6.89 Å². The highest BCUT2D eigenvalue weighted by Crippen LogP contribution is 2.31. The second-order valence-electron chi connectivity index (χ2n) is 2.71. The molecule has 7 heavy (non-hydrogen) atoms. The Hall–Kier alpha value is 0.300. The number of hydrogen-bond donors (Lipinski definition) is 0. The molecule has 0 rings (SSSR count). The van der Waals surface area contributed by atoms with Gasteiger partial charge in [-0.1, -0.05) is 12.7 Å². The quantitative estimate of drug-likeness (QED) is 0.462. The van der Waals surface area contributed by atoms with Crippen LogP contribution < -0.4 is 0 Å². The van der Waals surface area contributed by atoms with E-state index in [4.69, 9.17) is 0 Å². The molecule has 0 saturated heterocycles. The van der Waals surface area contributed by atoms with Crippen molar-refractivity contribution in [3.8, 4) is 0 Å². The molecule has 0 aliphatic rings. The van der Waals surface area contributed by atoms with Crippen LogP contribution in [0.5, 0.6) is 0 Å². The van der Waals surface area contributed by atoms with Crippen LogP contribution in [0.4, 0.5) is 0 Å². The van der Waals surface area contributed by atoms with E-state index in [1.54, 1.807) is 0 Å². The van der Waals surface area contributed by atoms with Crippen molar-refractivity contribution in [2.45, 2.75) is 13.3 Å². The Kier molecular flexibility index (Phi) is 2.68. The zero-order valence-electron chi connectivity index (χ0n) is 5.73. The first-order valence-corrected chi connectivity index (χ1v) is 5.91. The lowest BCUT2D eigenvalue weighted by Crippen LogP contribution is -1.75. The van der Waals surface area contributed by atoms with Crippen molar-refractivity contribution < 1.29 is 0 Å². The fraction of sp³-hybridized carbons (Fsp3) is 0.833. The summed E-state index contributed by atoms with van der Waals surface area (Å²) < 4.78 is 0. The SMILES string of the molecule is CCC=P(C)(C)C. The third kappa shape index (κ3) is 6.30. The van der Waals surface area contributed by atoms with Gasteiger partial charge >= 0.3 is 0 Å². The van der Waals surface area contributed by atoms with E-state index >= 15 is 0 Å². The van der Waals surface area contributed by atoms with E-state index in [0.717, 1.165) is 0 Å². The molecule has 0 aromatic rings. The molecule has 0 aromatic carbocycles. The van der Waals surface area contributed by atoms with Gasteiger partial charge in [0.05, 0.1) is 0 Å². The van der Waals surface area contributed by atoms with E-state index in [0.29, 0.717) is 0 Å². The van der Waals surface area contributed by atoms with Crippen molar-refractivity contribution in [1.82, 2.24) is 0 Å². The summed E-state index contributed by atoms with van der Waals surface area (Å²) in [7, 11) is 0. The van der Waals surface area contributed by atoms with E-state index in [1.165, 1.54) is 6.42 Å². The minimum Gasteiger partial charge on any atom is -0.118 e. The maximum atomic E-state index is 2.42. The fourth-order valence-electron chi connectivity index (χ4n) is 0.548. The molecule has 0 amide bonds. The number of hydrogen-bond acceptors (Lipinski definition) is 0. The maximum Gasteiger partial charge on any atom is -0.0375 e. The summed E-state index contributed by atoms with van der Waals surface area (Å²) in [6.07, 6.45) is 1.23. The van der Waals surface area contributed by atoms with Gasteiger partial charge in [0.15, 0.2) is 0 Å². The summed E-state index contributed by atoms with van der Waals surface area (Å²) in [4.78, 5) is 0. The largest absolute Gasteiger partial charge is 0.118 e. The Balaban J connectivity index is 3.73. The van der Waals surface area contributed by atoms with Crippen LogP contribution in [0.25, 0.3) is 0 Å². The zero-order valence-corrected chi connectivity index (χ0v) is 6.63. The molecule has 0 heterocycles. The third-order valence-electron chi connectivity index (χ3n) is 0.730. The average molecular weight is 118 g/mol. The molecule has 0 nitrogen and oxygen atoms in total. The molecule has 0 saturated carbocycles. The van der Waals surface area contributed by atoms with Gasteiger partial charge in [0.2, 0.25) is 0 Å². The molecule has 0 bridgehead atoms. The molecule has 0 atom stereocenters. The highest BCUT2D eigenvalue weighted by Gasteiger charge is 1.87. The van der Waals surface area contributed by atoms with Gasteiger partial charge in [0.1, 0.15) is 0 Å². The van der Waals surface area contributed by atoms with Crippen LogP contribution in [0.3, 0.4) is 0 Å². The van der Waals surface area contributed by atoms with Gasteiger partial charge in [-0.3, -0.25) is 0 Å². The summed E-state index contributed by atoms with van der Waals surface area (Å²) >= 11 is 0. The summed E-state index contributed by atoms with van der Waals surface area (Å²) in [5, 5.41) is 0. The summed E-state index contributed by atoms with van der Waals surface area (Å²) in [6.45, 7) is 8.65. The molecule has 44 valence electrons. The Morgan fingerprint density at radius 3 is 1.71 bits per heavy atom. The predicted octanol–water partition coefficient (Wildman–Crippen LogP) is 2.11. The van der Waals surface area contributed by atoms with Crippen LogP contribution in [0, 0.1) is 0 Å². The molecular weight excluding hydrogens is 103 g/mol. The summed E-state index contributed by atoms with van der Waals surface area (Å²) in [5.74, 6) is 2.42. The molecule has 0 aromatic heterocycles. The van der Waals surface area contributed by atoms with Crippen molar-refractivity contribution in [3.05, 3.63) is 0 Å². The van der Waals surface area contributed by atoms with Gasteiger partial charge in [0, 0.05) is 0 Å². The Labute approximate surface area is 46.9 Å². The lowest BCUT2D eigenvalue weighted by Gasteiger charge is -2.03. The summed E-state index contributed by atoms with van der Waals surface area (Å²) in [6, 6.07) is 0. The standard InChI is InChI=1S/C6H15P/c1-5-6-7(2,3)4/h6H,5H2,1-4H3. The Morgan fingerprint density at radius 1 is 1.29 bits per heavy atom. The van der Waals surface area contributed by atoms with Crippen LogP contribution in [0.1, 0.15) is 13.3 Å². The molecule has 0 fully saturated rings. The second kappa shape index (κ2) is 2.57. The maximum absolute atomic E-state index is 2.42. The number of rotatable bonds is 1. The Bertz CT molecular complexity index is 78.1. The van der Waals surface area contributed by atoms with E-state index in [2.05, 4.69) is 32.7 Å². The monoisotopic (exact) mass is 118 g/mol. The first kappa shape index (κ1) is 7.30. The molecular formula is C6H15P. The van der Waals surface area contributed by atoms with Crippen molar-refractivity contribution in [2.24, 2.45) is 0 Å². The fourth-order valence-corrected chi connectivity index (χ4v) is 1.64. The van der Waals surface area contributed by atoms with Gasteiger partial charge in [-0.05, 0) is 26.4 Å². The lowest BCUT2D eigenvalue weighted by atomic mass is 10.6. The van der Waals surface area contributed by atoms with Crippen molar-refractivity contribution in [1.29, 1.82) is 0 Å². The topological polar surface area (TPSA) is 0 Å². The first-order valence-electron chi connectivity index (χ1n) is 2.72. The molecule has 0 radical (unpaired) electrons. The molecule has 0 aliphatic heterocycles. The van der Waals surface area contributed by atoms with Crippen LogP contribution >= 0.6 is 6.89 Å². The third-order valence-corrected chi connectivity index (χ3v) is 2.19. The normalized spacial score (nSPS) is 11.4. The first-order chi connectivity index (χ1) is 3.06. The zero-order chi connectivity index (χ0) is 5.91. The Morgan fingerprint density at radius 2 is 1.71 bits per heavy atom. The molecule has 0 spiro atoms. The molecule has 1 heteroatoms. The highest BCUT2D eigenvalue weighted by molar-refractivity contribution is 7.72. The smallest absolute Gasteiger partial charge is 0.0375 e. The van der Waals surface area contributed by atoms with Gasteiger partial charge < -0.3 is 0 Å². The molecule has 0 N–H and O–H groups in total. The minimum atomic E-state index is -0.541. The van der Waals surface area contributed by atoms with Crippen LogP contribution in [0.15, 0.2) is 0 Å². The van der Waals surface area contributed by atoms with Gasteiger partial charge in [-0.2, -0.15) is 0 Å². The van der Waals surface area contributed by atoms with Crippen molar-refractivity contribution in [3.63, 3.8) is 0 Å². The lowest BCUT2D eigenvalue weighted by molar-refractivity contribution is 1.35. The highest BCUT2D eigenvalue weighted by atomic mass is 31.2. The van der Waals surface area contributed by atoms with Gasteiger partial charge in [-0.25, -0.2) is 0 Å².